The van der Waals surface area contributed by atoms with Gasteiger partial charge in [-0.15, -0.1) is 6.58 Å². The molecule has 0 radical (unpaired) electrons. The molecule has 4 amide bonds. The van der Waals surface area contributed by atoms with Crippen molar-refractivity contribution in [3.63, 3.8) is 0 Å². The van der Waals surface area contributed by atoms with Gasteiger partial charge in [-0.2, -0.15) is 0 Å². The van der Waals surface area contributed by atoms with Gasteiger partial charge in [0.05, 0.1) is 6.04 Å². The van der Waals surface area contributed by atoms with Crippen LogP contribution in [-0.2, 0) is 46.3 Å². The number of piperidine rings is 1. The van der Waals surface area contributed by atoms with E-state index in [-0.39, 0.29) is 61.0 Å². The van der Waals surface area contributed by atoms with Crippen LogP contribution < -0.4 is 10.6 Å². The number of carbonyl (C=O) groups is 7. The number of ether oxygens (including phenoxy) is 1. The van der Waals surface area contributed by atoms with Crippen LogP contribution in [0.2, 0.25) is 0 Å². The van der Waals surface area contributed by atoms with Crippen LogP contribution in [0.25, 0.3) is 0 Å². The molecule has 314 valence electrons. The molecular weight excluding hydrogens is 737 g/mol. The lowest BCUT2D eigenvalue weighted by molar-refractivity contribution is -0.143. The number of alkyl carbamates (subject to hydrolysis) is 1. The molecule has 12 nitrogen and oxygen atoms in total. The van der Waals surface area contributed by atoms with Crippen LogP contribution in [0.5, 0.6) is 0 Å². The Bertz CT molecular complexity index is 1790. The summed E-state index contributed by atoms with van der Waals surface area (Å²) in [6, 6.07) is 14.0. The van der Waals surface area contributed by atoms with E-state index in [1.165, 1.54) is 11.3 Å². The summed E-state index contributed by atoms with van der Waals surface area (Å²) in [6.45, 7) is 13.6. The van der Waals surface area contributed by atoms with E-state index < -0.39 is 53.2 Å². The highest BCUT2D eigenvalue weighted by Gasteiger charge is 2.58. The number of hydrogen-bond donors (Lipinski definition) is 2. The SMILES string of the molecule is C=CCCC(CC(=O)[C@@H]1[C@H]2C[C@H]2CN1C(=O)[C@@H](NC(=O)OC(C)(C)C)C1Cc2ccccc2C1)C(=O)C(=O)CCC(=O)N[C@H](C(=O)N(C)C)c1ccccc1.CCC. The first kappa shape index (κ1) is 45.6. The molecule has 1 saturated carbocycles. The van der Waals surface area contributed by atoms with Crippen LogP contribution in [-0.4, -0.2) is 89.3 Å². The minimum absolute atomic E-state index is 0.0589. The van der Waals surface area contributed by atoms with Gasteiger partial charge < -0.3 is 25.2 Å². The summed E-state index contributed by atoms with van der Waals surface area (Å²) in [5.74, 6) is -4.21. The molecule has 6 atom stereocenters. The molecule has 1 heterocycles. The second-order valence-corrected chi connectivity index (χ2v) is 17.0. The fourth-order valence-corrected chi connectivity index (χ4v) is 7.94. The van der Waals surface area contributed by atoms with Gasteiger partial charge in [0.15, 0.2) is 11.6 Å². The zero-order chi connectivity index (χ0) is 42.7. The average Bonchev–Trinajstić information content (AvgIpc) is 3.62. The normalized spacial score (nSPS) is 19.5. The number of amides is 4. The van der Waals surface area contributed by atoms with Gasteiger partial charge >= 0.3 is 6.09 Å². The summed E-state index contributed by atoms with van der Waals surface area (Å²) in [5, 5.41) is 5.54. The Labute approximate surface area is 343 Å². The minimum Gasteiger partial charge on any atom is -0.444 e. The second kappa shape index (κ2) is 20.5. The first-order valence-electron chi connectivity index (χ1n) is 20.6. The Morgan fingerprint density at radius 3 is 2.09 bits per heavy atom. The lowest BCUT2D eigenvalue weighted by Gasteiger charge is -2.34. The summed E-state index contributed by atoms with van der Waals surface area (Å²) in [5.41, 5.74) is 2.01. The van der Waals surface area contributed by atoms with Crippen LogP contribution in [0, 0.1) is 23.7 Å². The monoisotopic (exact) mass is 798 g/mol. The third kappa shape index (κ3) is 12.2. The first-order valence-corrected chi connectivity index (χ1v) is 20.6. The zero-order valence-corrected chi connectivity index (χ0v) is 35.3. The van der Waals surface area contributed by atoms with Gasteiger partial charge in [-0.05, 0) is 87.3 Å². The molecule has 2 aliphatic carbocycles. The van der Waals surface area contributed by atoms with E-state index in [9.17, 15) is 33.6 Å². The smallest absolute Gasteiger partial charge is 0.408 e. The quantitative estimate of drug-likeness (QED) is 0.147. The van der Waals surface area contributed by atoms with Crippen molar-refractivity contribution in [2.75, 3.05) is 20.6 Å². The molecular formula is C46H62N4O8. The molecule has 0 aromatic heterocycles. The maximum atomic E-state index is 14.5. The molecule has 0 spiro atoms. The van der Waals surface area contributed by atoms with E-state index >= 15 is 0 Å². The Kier molecular flexibility index (Phi) is 16.1. The zero-order valence-electron chi connectivity index (χ0n) is 35.3. The number of Topliss-reactive ketones (excluding diaryl/α,β-unsaturated/α-hetero) is 3. The van der Waals surface area contributed by atoms with Gasteiger partial charge in [-0.1, -0.05) is 80.9 Å². The van der Waals surface area contributed by atoms with Crippen molar-refractivity contribution in [2.45, 2.75) is 116 Å². The van der Waals surface area contributed by atoms with Crippen molar-refractivity contribution in [2.24, 2.45) is 23.7 Å². The number of fused-ring (bicyclic) bond motifs is 2. The summed E-state index contributed by atoms with van der Waals surface area (Å²) in [7, 11) is 3.16. The van der Waals surface area contributed by atoms with Crippen molar-refractivity contribution < 1.29 is 38.3 Å². The Hall–Kier alpha value is -5.13. The fraction of sp³-hybridized carbons (Fsp3) is 0.543. The minimum atomic E-state index is -0.960. The van der Waals surface area contributed by atoms with E-state index in [1.807, 2.05) is 24.3 Å². The Morgan fingerprint density at radius 1 is 0.914 bits per heavy atom. The number of likely N-dealkylation sites (tertiary alicyclic amines) is 1. The number of ketones is 3. The van der Waals surface area contributed by atoms with E-state index in [4.69, 9.17) is 4.74 Å². The predicted molar refractivity (Wildman–Crippen MR) is 221 cm³/mol. The lowest BCUT2D eigenvalue weighted by atomic mass is 9.86. The van der Waals surface area contributed by atoms with Crippen molar-refractivity contribution in [3.05, 3.63) is 83.9 Å². The fourth-order valence-electron chi connectivity index (χ4n) is 7.94. The lowest BCUT2D eigenvalue weighted by Crippen LogP contribution is -2.56. The molecule has 0 bridgehead atoms. The summed E-state index contributed by atoms with van der Waals surface area (Å²) >= 11 is 0. The third-order valence-corrected chi connectivity index (χ3v) is 10.8. The van der Waals surface area contributed by atoms with Gasteiger partial charge in [0, 0.05) is 45.8 Å². The van der Waals surface area contributed by atoms with Gasteiger partial charge in [0.1, 0.15) is 17.7 Å². The Morgan fingerprint density at radius 2 is 1.52 bits per heavy atom. The van der Waals surface area contributed by atoms with Crippen molar-refractivity contribution >= 4 is 41.2 Å². The van der Waals surface area contributed by atoms with Crippen molar-refractivity contribution in [3.8, 4) is 0 Å². The number of rotatable bonds is 17. The molecule has 3 aliphatic rings. The predicted octanol–water partition coefficient (Wildman–Crippen LogP) is 5.96. The maximum absolute atomic E-state index is 14.5. The van der Waals surface area contributed by atoms with Crippen LogP contribution >= 0.6 is 0 Å². The number of hydrogen-bond acceptors (Lipinski definition) is 8. The second-order valence-electron chi connectivity index (χ2n) is 17.0. The molecule has 2 aromatic carbocycles. The van der Waals surface area contributed by atoms with Gasteiger partial charge in [-0.3, -0.25) is 28.8 Å². The number of nitrogens with one attached hydrogen (secondary N) is 2. The maximum Gasteiger partial charge on any atom is 0.408 e. The topological polar surface area (TPSA) is 159 Å². The summed E-state index contributed by atoms with van der Waals surface area (Å²) < 4.78 is 5.55. The van der Waals surface area contributed by atoms with Crippen LogP contribution in [0.15, 0.2) is 67.3 Å². The van der Waals surface area contributed by atoms with E-state index in [2.05, 4.69) is 31.1 Å². The molecule has 58 heavy (non-hydrogen) atoms. The molecule has 2 N–H and O–H groups in total. The van der Waals surface area contributed by atoms with E-state index in [0.29, 0.717) is 31.4 Å². The van der Waals surface area contributed by atoms with Gasteiger partial charge in [0.25, 0.3) is 0 Å². The molecule has 2 fully saturated rings. The number of nitrogens with zero attached hydrogens (tertiary/aromatic N) is 2. The van der Waals surface area contributed by atoms with E-state index in [0.717, 1.165) is 17.5 Å². The van der Waals surface area contributed by atoms with Gasteiger partial charge in [0.2, 0.25) is 23.5 Å². The largest absolute Gasteiger partial charge is 0.444 e. The molecule has 2 aromatic rings. The van der Waals surface area contributed by atoms with Crippen LogP contribution in [0.3, 0.4) is 0 Å². The first-order chi connectivity index (χ1) is 27.5. The number of carbonyl (C=O) groups excluding carboxylic acids is 7. The standard InChI is InChI=1S/C43H54N4O8.C3H8/c1-7-8-14-29(39(51)33(48)19-20-35(50)44-36(40(52)46(5)6)26-15-10-9-11-16-26)24-34(49)38-32-23-31(32)25-47(38)41(53)37(45-42(54)55-43(2,3)4)30-21-27-17-12-13-18-28(27)22-30;1-3-2/h7,9-13,15-18,29-32,36-38H,1,8,14,19-25H2,2-6H3,(H,44,50)(H,45,54);3H2,1-2H3/t29?,31-,32-,36-,37-,38-;/m0./s1. The molecule has 5 rings (SSSR count). The summed E-state index contributed by atoms with van der Waals surface area (Å²) in [4.78, 5) is 97.4. The summed E-state index contributed by atoms with van der Waals surface area (Å²) in [6.07, 6.45) is 3.73. The third-order valence-electron chi connectivity index (χ3n) is 10.8. The van der Waals surface area contributed by atoms with Crippen molar-refractivity contribution in [1.82, 2.24) is 20.4 Å². The van der Waals surface area contributed by atoms with Crippen LogP contribution in [0.1, 0.15) is 102 Å². The number of benzene rings is 2. The average molecular weight is 799 g/mol. The number of allylic oxidation sites excluding steroid dienone is 1. The Balaban J connectivity index is 0.00000240. The van der Waals surface area contributed by atoms with E-state index in [1.54, 1.807) is 76.2 Å². The molecule has 1 saturated heterocycles. The molecule has 12 heteroatoms. The molecule has 1 unspecified atom stereocenters. The highest BCUT2D eigenvalue weighted by molar-refractivity contribution is 6.38. The number of likely N-dealkylation sites (N-methyl/N-ethyl adjacent to an activating group) is 1. The van der Waals surface area contributed by atoms with Gasteiger partial charge in [-0.25, -0.2) is 4.79 Å². The van der Waals surface area contributed by atoms with Crippen LogP contribution in [0.4, 0.5) is 4.79 Å². The molecule has 1 aliphatic heterocycles. The highest BCUT2D eigenvalue weighted by atomic mass is 16.6. The van der Waals surface area contributed by atoms with Crippen molar-refractivity contribution in [1.29, 1.82) is 0 Å². The highest BCUT2D eigenvalue weighted by Crippen LogP contribution is 2.51.